The molecule has 16 heavy (non-hydrogen) atoms. The van der Waals surface area contributed by atoms with Crippen molar-refractivity contribution in [2.75, 3.05) is 18.0 Å². The molecule has 0 amide bonds. The van der Waals surface area contributed by atoms with Crippen molar-refractivity contribution in [1.29, 1.82) is 5.26 Å². The third-order valence-electron chi connectivity index (χ3n) is 2.78. The Morgan fingerprint density at radius 3 is 2.25 bits per heavy atom. The van der Waals surface area contributed by atoms with Gasteiger partial charge in [-0.25, -0.2) is 0 Å². The Balaban J connectivity index is 2.14. The summed E-state index contributed by atoms with van der Waals surface area (Å²) in [6, 6.07) is 10.0. The van der Waals surface area contributed by atoms with Gasteiger partial charge in [0.1, 0.15) is 0 Å². The first-order valence-corrected chi connectivity index (χ1v) is 6.54. The Bertz CT molecular complexity index is 383. The molecule has 0 aromatic heterocycles. The maximum absolute atomic E-state index is 8.76. The van der Waals surface area contributed by atoms with Crippen LogP contribution in [0, 0.1) is 11.3 Å². The smallest absolute Gasteiger partial charge is 0.0991 e. The summed E-state index contributed by atoms with van der Waals surface area (Å²) in [5.41, 5.74) is 1.97. The number of hydrogen-bond donors (Lipinski definition) is 0. The molecule has 1 aromatic carbocycles. The van der Waals surface area contributed by atoms with Gasteiger partial charge in [-0.15, -0.1) is 0 Å². The average Bonchev–Trinajstić information content (AvgIpc) is 2.28. The summed E-state index contributed by atoms with van der Waals surface area (Å²) in [5.74, 6) is 0. The van der Waals surface area contributed by atoms with E-state index in [1.807, 2.05) is 24.3 Å². The Hall–Kier alpha value is -1.14. The molecule has 0 aliphatic carbocycles. The second-order valence-corrected chi connectivity index (χ2v) is 6.20. The molecular weight excluding hydrogens is 216 g/mol. The highest BCUT2D eigenvalue weighted by atomic mass is 32.2. The minimum atomic E-state index is 0.680. The first-order chi connectivity index (χ1) is 7.69. The van der Waals surface area contributed by atoms with E-state index >= 15 is 0 Å². The molecule has 1 aromatic rings. The van der Waals surface area contributed by atoms with Crippen LogP contribution in [0.5, 0.6) is 0 Å². The SMILES string of the molecule is CC1CN(c2ccc(C#N)cc2)CC(C)S1. The third kappa shape index (κ3) is 2.51. The molecule has 1 fully saturated rings. The van der Waals surface area contributed by atoms with Gasteiger partial charge in [-0.05, 0) is 24.3 Å². The minimum absolute atomic E-state index is 0.680. The zero-order chi connectivity index (χ0) is 11.5. The standard InChI is InChI=1S/C13H16N2S/c1-10-8-15(9-11(2)16-10)13-5-3-12(7-14)4-6-13/h3-6,10-11H,8-9H2,1-2H3. The topological polar surface area (TPSA) is 27.0 Å². The monoisotopic (exact) mass is 232 g/mol. The molecule has 1 heterocycles. The van der Waals surface area contributed by atoms with Gasteiger partial charge < -0.3 is 4.90 Å². The number of nitrogens with zero attached hydrogens (tertiary/aromatic N) is 2. The van der Waals surface area contributed by atoms with Crippen LogP contribution in [-0.4, -0.2) is 23.6 Å². The molecule has 0 bridgehead atoms. The van der Waals surface area contributed by atoms with Crippen LogP contribution in [-0.2, 0) is 0 Å². The summed E-state index contributed by atoms with van der Waals surface area (Å²) in [6.45, 7) is 6.75. The second-order valence-electron chi connectivity index (χ2n) is 4.32. The van der Waals surface area contributed by atoms with Gasteiger partial charge in [0.05, 0.1) is 11.6 Å². The fourth-order valence-electron chi connectivity index (χ4n) is 2.14. The summed E-state index contributed by atoms with van der Waals surface area (Å²) in [7, 11) is 0. The van der Waals surface area contributed by atoms with Crippen LogP contribution in [0.2, 0.25) is 0 Å². The van der Waals surface area contributed by atoms with Gasteiger partial charge in [-0.2, -0.15) is 17.0 Å². The normalized spacial score (nSPS) is 25.2. The maximum Gasteiger partial charge on any atom is 0.0991 e. The van der Waals surface area contributed by atoms with E-state index in [4.69, 9.17) is 5.26 Å². The fourth-order valence-corrected chi connectivity index (χ4v) is 3.46. The summed E-state index contributed by atoms with van der Waals surface area (Å²) in [4.78, 5) is 2.41. The van der Waals surface area contributed by atoms with Gasteiger partial charge in [0, 0.05) is 29.3 Å². The second kappa shape index (κ2) is 4.80. The molecular formula is C13H16N2S. The number of hydrogen-bond acceptors (Lipinski definition) is 3. The lowest BCUT2D eigenvalue weighted by Crippen LogP contribution is -2.40. The lowest BCUT2D eigenvalue weighted by atomic mass is 10.2. The van der Waals surface area contributed by atoms with Gasteiger partial charge in [0.25, 0.3) is 0 Å². The van der Waals surface area contributed by atoms with Crippen LogP contribution in [0.3, 0.4) is 0 Å². The summed E-state index contributed by atoms with van der Waals surface area (Å²) in [5, 5.41) is 10.1. The van der Waals surface area contributed by atoms with Crippen molar-refractivity contribution in [3.63, 3.8) is 0 Å². The first kappa shape index (κ1) is 11.3. The van der Waals surface area contributed by atoms with Crippen molar-refractivity contribution in [3.05, 3.63) is 29.8 Å². The summed E-state index contributed by atoms with van der Waals surface area (Å²) < 4.78 is 0. The average molecular weight is 232 g/mol. The molecule has 2 nitrogen and oxygen atoms in total. The molecule has 1 aliphatic rings. The van der Waals surface area contributed by atoms with Crippen molar-refractivity contribution in [1.82, 2.24) is 0 Å². The molecule has 84 valence electrons. The Kier molecular flexibility index (Phi) is 3.40. The van der Waals surface area contributed by atoms with E-state index in [-0.39, 0.29) is 0 Å². The Labute approximate surface area is 101 Å². The third-order valence-corrected chi connectivity index (χ3v) is 4.01. The number of anilines is 1. The Morgan fingerprint density at radius 2 is 1.75 bits per heavy atom. The summed E-state index contributed by atoms with van der Waals surface area (Å²) >= 11 is 2.05. The quantitative estimate of drug-likeness (QED) is 0.745. The van der Waals surface area contributed by atoms with Crippen LogP contribution in [0.25, 0.3) is 0 Å². The maximum atomic E-state index is 8.76. The van der Waals surface area contributed by atoms with Gasteiger partial charge in [-0.1, -0.05) is 13.8 Å². The number of nitriles is 1. The van der Waals surface area contributed by atoms with Crippen molar-refractivity contribution >= 4 is 17.4 Å². The molecule has 1 saturated heterocycles. The molecule has 2 unspecified atom stereocenters. The van der Waals surface area contributed by atoms with Crippen molar-refractivity contribution < 1.29 is 0 Å². The number of thioether (sulfide) groups is 1. The molecule has 2 atom stereocenters. The van der Waals surface area contributed by atoms with E-state index in [1.54, 1.807) is 0 Å². The molecule has 3 heteroatoms. The van der Waals surface area contributed by atoms with E-state index in [1.165, 1.54) is 5.69 Å². The fraction of sp³-hybridized carbons (Fsp3) is 0.462. The van der Waals surface area contributed by atoms with Gasteiger partial charge >= 0.3 is 0 Å². The molecule has 0 saturated carbocycles. The van der Waals surface area contributed by atoms with E-state index < -0.39 is 0 Å². The van der Waals surface area contributed by atoms with Crippen LogP contribution in [0.15, 0.2) is 24.3 Å². The number of benzene rings is 1. The van der Waals surface area contributed by atoms with E-state index in [9.17, 15) is 0 Å². The first-order valence-electron chi connectivity index (χ1n) is 5.59. The van der Waals surface area contributed by atoms with Gasteiger partial charge in [0.2, 0.25) is 0 Å². The highest BCUT2D eigenvalue weighted by Gasteiger charge is 2.22. The molecule has 1 aliphatic heterocycles. The minimum Gasteiger partial charge on any atom is -0.369 e. The van der Waals surface area contributed by atoms with Crippen LogP contribution >= 0.6 is 11.8 Å². The zero-order valence-electron chi connectivity index (χ0n) is 9.68. The molecule has 2 rings (SSSR count). The van der Waals surface area contributed by atoms with Gasteiger partial charge in [0.15, 0.2) is 0 Å². The van der Waals surface area contributed by atoms with Crippen molar-refractivity contribution in [3.8, 4) is 6.07 Å². The van der Waals surface area contributed by atoms with E-state index in [2.05, 4.69) is 36.6 Å². The molecule has 0 N–H and O–H groups in total. The predicted molar refractivity (Wildman–Crippen MR) is 69.9 cm³/mol. The van der Waals surface area contributed by atoms with Crippen LogP contribution in [0.4, 0.5) is 5.69 Å². The Morgan fingerprint density at radius 1 is 1.19 bits per heavy atom. The predicted octanol–water partition coefficient (Wildman–Crippen LogP) is 2.89. The lowest BCUT2D eigenvalue weighted by molar-refractivity contribution is 0.728. The zero-order valence-corrected chi connectivity index (χ0v) is 10.5. The molecule has 0 spiro atoms. The van der Waals surface area contributed by atoms with E-state index in [0.29, 0.717) is 10.5 Å². The largest absolute Gasteiger partial charge is 0.369 e. The van der Waals surface area contributed by atoms with Crippen LogP contribution < -0.4 is 4.90 Å². The lowest BCUT2D eigenvalue weighted by Gasteiger charge is -2.36. The van der Waals surface area contributed by atoms with Crippen molar-refractivity contribution in [2.24, 2.45) is 0 Å². The highest BCUT2D eigenvalue weighted by Crippen LogP contribution is 2.28. The van der Waals surface area contributed by atoms with Crippen molar-refractivity contribution in [2.45, 2.75) is 24.3 Å². The molecule has 0 radical (unpaired) electrons. The van der Waals surface area contributed by atoms with Crippen LogP contribution in [0.1, 0.15) is 19.4 Å². The van der Waals surface area contributed by atoms with Gasteiger partial charge in [-0.3, -0.25) is 0 Å². The summed E-state index contributed by atoms with van der Waals surface area (Å²) in [6.07, 6.45) is 0. The van der Waals surface area contributed by atoms with E-state index in [0.717, 1.165) is 18.7 Å². The number of rotatable bonds is 1. The highest BCUT2D eigenvalue weighted by molar-refractivity contribution is 8.00.